The standard InChI is InChI=1S/C13H19N5O/c1-8-5-18(6-9(2)14-8)13-15-12(16-17-13)11-4-10(3)19-7-11/h4,7-9,14H,5-6H2,1-3H3,(H,15,16,17). The molecule has 6 heteroatoms. The number of aryl methyl sites for hydroxylation is 1. The van der Waals surface area contributed by atoms with Crippen LogP contribution in [0.25, 0.3) is 11.4 Å². The molecule has 0 radical (unpaired) electrons. The van der Waals surface area contributed by atoms with E-state index in [9.17, 15) is 0 Å². The lowest BCUT2D eigenvalue weighted by Gasteiger charge is -2.35. The van der Waals surface area contributed by atoms with Gasteiger partial charge in [-0.2, -0.15) is 4.98 Å². The van der Waals surface area contributed by atoms with Gasteiger partial charge in [-0.25, -0.2) is 0 Å². The first-order chi connectivity index (χ1) is 9.11. The summed E-state index contributed by atoms with van der Waals surface area (Å²) >= 11 is 0. The molecule has 2 aromatic rings. The van der Waals surface area contributed by atoms with Crippen molar-refractivity contribution in [1.29, 1.82) is 0 Å². The predicted molar refractivity (Wildman–Crippen MR) is 73.1 cm³/mol. The van der Waals surface area contributed by atoms with Crippen LogP contribution in [-0.2, 0) is 0 Å². The number of nitrogens with zero attached hydrogens (tertiary/aromatic N) is 3. The van der Waals surface area contributed by atoms with E-state index in [4.69, 9.17) is 4.42 Å². The summed E-state index contributed by atoms with van der Waals surface area (Å²) < 4.78 is 5.30. The molecule has 0 spiro atoms. The van der Waals surface area contributed by atoms with Gasteiger partial charge in [-0.3, -0.25) is 5.10 Å². The number of furan rings is 1. The zero-order chi connectivity index (χ0) is 13.4. The lowest BCUT2D eigenvalue weighted by molar-refractivity contribution is 0.403. The summed E-state index contributed by atoms with van der Waals surface area (Å²) in [5.41, 5.74) is 0.937. The third-order valence-corrected chi connectivity index (χ3v) is 3.32. The molecule has 0 saturated carbocycles. The van der Waals surface area contributed by atoms with E-state index in [1.54, 1.807) is 6.26 Å². The molecule has 19 heavy (non-hydrogen) atoms. The van der Waals surface area contributed by atoms with Crippen molar-refractivity contribution in [3.05, 3.63) is 18.1 Å². The highest BCUT2D eigenvalue weighted by Crippen LogP contribution is 2.21. The number of nitrogens with one attached hydrogen (secondary N) is 2. The summed E-state index contributed by atoms with van der Waals surface area (Å²) in [7, 11) is 0. The Morgan fingerprint density at radius 3 is 2.68 bits per heavy atom. The quantitative estimate of drug-likeness (QED) is 0.858. The number of hydrogen-bond donors (Lipinski definition) is 2. The van der Waals surface area contributed by atoms with Crippen molar-refractivity contribution in [2.75, 3.05) is 18.0 Å². The largest absolute Gasteiger partial charge is 0.469 e. The van der Waals surface area contributed by atoms with Crippen LogP contribution in [-0.4, -0.2) is 40.4 Å². The van der Waals surface area contributed by atoms with Gasteiger partial charge in [0, 0.05) is 25.2 Å². The van der Waals surface area contributed by atoms with Gasteiger partial charge in [0.2, 0.25) is 5.95 Å². The Labute approximate surface area is 112 Å². The first-order valence-electron chi connectivity index (χ1n) is 6.60. The van der Waals surface area contributed by atoms with Crippen LogP contribution in [0.15, 0.2) is 16.7 Å². The molecule has 6 nitrogen and oxygen atoms in total. The van der Waals surface area contributed by atoms with E-state index in [1.165, 1.54) is 0 Å². The van der Waals surface area contributed by atoms with E-state index in [1.807, 2.05) is 13.0 Å². The van der Waals surface area contributed by atoms with Gasteiger partial charge >= 0.3 is 0 Å². The number of aromatic nitrogens is 3. The average molecular weight is 261 g/mol. The molecule has 1 fully saturated rings. The van der Waals surface area contributed by atoms with Crippen LogP contribution in [0.5, 0.6) is 0 Å². The van der Waals surface area contributed by atoms with Crippen molar-refractivity contribution in [1.82, 2.24) is 20.5 Å². The highest BCUT2D eigenvalue weighted by atomic mass is 16.3. The zero-order valence-corrected chi connectivity index (χ0v) is 11.5. The Morgan fingerprint density at radius 1 is 1.32 bits per heavy atom. The van der Waals surface area contributed by atoms with Crippen LogP contribution < -0.4 is 10.2 Å². The lowest BCUT2D eigenvalue weighted by Crippen LogP contribution is -2.54. The van der Waals surface area contributed by atoms with Crippen LogP contribution in [0, 0.1) is 6.92 Å². The van der Waals surface area contributed by atoms with Gasteiger partial charge in [0.1, 0.15) is 12.0 Å². The van der Waals surface area contributed by atoms with Crippen molar-refractivity contribution in [2.24, 2.45) is 0 Å². The summed E-state index contributed by atoms with van der Waals surface area (Å²) in [4.78, 5) is 6.76. The monoisotopic (exact) mass is 261 g/mol. The number of piperazine rings is 1. The fourth-order valence-corrected chi connectivity index (χ4v) is 2.58. The van der Waals surface area contributed by atoms with Crippen molar-refractivity contribution < 1.29 is 4.42 Å². The van der Waals surface area contributed by atoms with Crippen LogP contribution in [0.1, 0.15) is 19.6 Å². The Bertz CT molecular complexity index is 551. The first-order valence-corrected chi connectivity index (χ1v) is 6.60. The minimum absolute atomic E-state index is 0.446. The number of H-pyrrole nitrogens is 1. The molecule has 0 bridgehead atoms. The second-order valence-corrected chi connectivity index (χ2v) is 5.30. The fourth-order valence-electron chi connectivity index (χ4n) is 2.58. The van der Waals surface area contributed by atoms with Crippen LogP contribution in [0.4, 0.5) is 5.95 Å². The average Bonchev–Trinajstić information content (AvgIpc) is 2.95. The zero-order valence-electron chi connectivity index (χ0n) is 11.5. The molecule has 2 atom stereocenters. The van der Waals surface area contributed by atoms with Gasteiger partial charge < -0.3 is 14.6 Å². The van der Waals surface area contributed by atoms with E-state index < -0.39 is 0 Å². The highest BCUT2D eigenvalue weighted by Gasteiger charge is 2.23. The third kappa shape index (κ3) is 2.49. The van der Waals surface area contributed by atoms with Crippen molar-refractivity contribution in [2.45, 2.75) is 32.9 Å². The second-order valence-electron chi connectivity index (χ2n) is 5.30. The van der Waals surface area contributed by atoms with Gasteiger partial charge in [0.05, 0.1) is 5.56 Å². The smallest absolute Gasteiger partial charge is 0.245 e. The van der Waals surface area contributed by atoms with Crippen LogP contribution in [0.2, 0.25) is 0 Å². The van der Waals surface area contributed by atoms with Gasteiger partial charge in [-0.05, 0) is 26.8 Å². The predicted octanol–water partition coefficient (Wildman–Crippen LogP) is 1.56. The topological polar surface area (TPSA) is 70.0 Å². The molecule has 1 saturated heterocycles. The number of aromatic amines is 1. The molecule has 0 aliphatic carbocycles. The molecule has 3 heterocycles. The van der Waals surface area contributed by atoms with Gasteiger partial charge in [0.25, 0.3) is 0 Å². The molecule has 1 aliphatic rings. The van der Waals surface area contributed by atoms with E-state index in [0.29, 0.717) is 12.1 Å². The number of hydrogen-bond acceptors (Lipinski definition) is 5. The summed E-state index contributed by atoms with van der Waals surface area (Å²) in [6.45, 7) is 8.11. The molecule has 2 aromatic heterocycles. The minimum atomic E-state index is 0.446. The summed E-state index contributed by atoms with van der Waals surface area (Å²) in [5, 5.41) is 10.8. The van der Waals surface area contributed by atoms with Crippen LogP contribution in [0.3, 0.4) is 0 Å². The molecule has 0 aromatic carbocycles. The van der Waals surface area contributed by atoms with Crippen LogP contribution >= 0.6 is 0 Å². The molecule has 1 aliphatic heterocycles. The van der Waals surface area contributed by atoms with Gasteiger partial charge in [-0.1, -0.05) is 0 Å². The van der Waals surface area contributed by atoms with Gasteiger partial charge in [0.15, 0.2) is 5.82 Å². The Balaban J connectivity index is 1.81. The SMILES string of the molecule is Cc1cc(-c2nc(N3CC(C)NC(C)C3)n[nH]2)co1. The summed E-state index contributed by atoms with van der Waals surface area (Å²) in [6.07, 6.45) is 1.70. The van der Waals surface area contributed by atoms with E-state index >= 15 is 0 Å². The van der Waals surface area contributed by atoms with Gasteiger partial charge in [-0.15, -0.1) is 5.10 Å². The van der Waals surface area contributed by atoms with E-state index in [-0.39, 0.29) is 0 Å². The summed E-state index contributed by atoms with van der Waals surface area (Å²) in [5.74, 6) is 2.39. The summed E-state index contributed by atoms with van der Waals surface area (Å²) in [6, 6.07) is 2.84. The maximum Gasteiger partial charge on any atom is 0.245 e. The normalized spacial score (nSPS) is 23.8. The van der Waals surface area contributed by atoms with E-state index in [0.717, 1.165) is 36.2 Å². The molecule has 2 unspecified atom stereocenters. The molecule has 102 valence electrons. The Morgan fingerprint density at radius 2 is 2.05 bits per heavy atom. The molecule has 3 rings (SSSR count). The second kappa shape index (κ2) is 4.70. The molecule has 2 N–H and O–H groups in total. The van der Waals surface area contributed by atoms with Crippen molar-refractivity contribution >= 4 is 5.95 Å². The molecular weight excluding hydrogens is 242 g/mol. The Kier molecular flexibility index (Phi) is 3.02. The maximum absolute atomic E-state index is 5.30. The first kappa shape index (κ1) is 12.2. The van der Waals surface area contributed by atoms with Crippen molar-refractivity contribution in [3.8, 4) is 11.4 Å². The minimum Gasteiger partial charge on any atom is -0.469 e. The highest BCUT2D eigenvalue weighted by molar-refractivity contribution is 5.55. The Hall–Kier alpha value is -1.82. The maximum atomic E-state index is 5.30. The molecule has 0 amide bonds. The lowest BCUT2D eigenvalue weighted by atomic mass is 10.1. The van der Waals surface area contributed by atoms with Crippen molar-refractivity contribution in [3.63, 3.8) is 0 Å². The fraction of sp³-hybridized carbons (Fsp3) is 0.538. The number of rotatable bonds is 2. The van der Waals surface area contributed by atoms with E-state index in [2.05, 4.69) is 39.2 Å². The number of anilines is 1. The third-order valence-electron chi connectivity index (χ3n) is 3.32. The molecular formula is C13H19N5O.